The van der Waals surface area contributed by atoms with Gasteiger partial charge < -0.3 is 14.5 Å². The van der Waals surface area contributed by atoms with Gasteiger partial charge in [0.1, 0.15) is 17.6 Å². The summed E-state index contributed by atoms with van der Waals surface area (Å²) in [6, 6.07) is 18.0. The Bertz CT molecular complexity index is 1170. The predicted molar refractivity (Wildman–Crippen MR) is 115 cm³/mol. The summed E-state index contributed by atoms with van der Waals surface area (Å²) in [5.41, 5.74) is 2.06. The van der Waals surface area contributed by atoms with Crippen LogP contribution in [-0.2, 0) is 0 Å². The van der Waals surface area contributed by atoms with Gasteiger partial charge in [0.2, 0.25) is 11.8 Å². The number of aromatic nitrogens is 2. The first-order valence-corrected chi connectivity index (χ1v) is 9.74. The lowest BCUT2D eigenvalue weighted by atomic mass is 10.1. The van der Waals surface area contributed by atoms with Crippen molar-refractivity contribution in [1.82, 2.24) is 10.2 Å². The molecule has 30 heavy (non-hydrogen) atoms. The van der Waals surface area contributed by atoms with Gasteiger partial charge in [0, 0.05) is 5.69 Å². The molecular weight excluding hydrogens is 428 g/mol. The summed E-state index contributed by atoms with van der Waals surface area (Å²) in [5, 5.41) is 12.6. The van der Waals surface area contributed by atoms with Crippen LogP contribution in [0.2, 0.25) is 10.0 Å². The van der Waals surface area contributed by atoms with Crippen molar-refractivity contribution in [1.29, 1.82) is 0 Å². The molecule has 1 aromatic heterocycles. The average Bonchev–Trinajstić information content (AvgIpc) is 3.23. The number of methoxy groups -OCH3 is 1. The zero-order valence-corrected chi connectivity index (χ0v) is 17.3. The van der Waals surface area contributed by atoms with E-state index >= 15 is 0 Å². The minimum atomic E-state index is -0.543. The van der Waals surface area contributed by atoms with Gasteiger partial charge in [0.15, 0.2) is 0 Å². The lowest BCUT2D eigenvalue weighted by Gasteiger charge is -2.18. The second kappa shape index (κ2) is 8.73. The van der Waals surface area contributed by atoms with E-state index < -0.39 is 6.04 Å². The van der Waals surface area contributed by atoms with Gasteiger partial charge in [0.05, 0.1) is 22.7 Å². The molecule has 0 amide bonds. The largest absolute Gasteiger partial charge is 0.495 e. The van der Waals surface area contributed by atoms with Gasteiger partial charge in [-0.2, -0.15) is 0 Å². The van der Waals surface area contributed by atoms with Crippen LogP contribution in [0, 0.1) is 5.82 Å². The number of hydrogen-bond donors (Lipinski definition) is 1. The Morgan fingerprint density at radius 3 is 2.43 bits per heavy atom. The van der Waals surface area contributed by atoms with E-state index in [4.69, 9.17) is 32.4 Å². The van der Waals surface area contributed by atoms with E-state index in [2.05, 4.69) is 15.5 Å². The van der Waals surface area contributed by atoms with Crippen molar-refractivity contribution < 1.29 is 13.5 Å². The predicted octanol–water partition coefficient (Wildman–Crippen LogP) is 6.39. The Morgan fingerprint density at radius 1 is 0.967 bits per heavy atom. The Kier molecular flexibility index (Phi) is 5.88. The van der Waals surface area contributed by atoms with Crippen molar-refractivity contribution in [2.75, 3.05) is 12.4 Å². The first-order valence-electron chi connectivity index (χ1n) is 8.99. The fourth-order valence-corrected chi connectivity index (χ4v) is 3.43. The molecule has 0 bridgehead atoms. The van der Waals surface area contributed by atoms with Crippen LogP contribution in [-0.4, -0.2) is 17.3 Å². The van der Waals surface area contributed by atoms with Gasteiger partial charge in [-0.25, -0.2) is 4.39 Å². The molecule has 4 rings (SSSR count). The van der Waals surface area contributed by atoms with Gasteiger partial charge >= 0.3 is 0 Å². The van der Waals surface area contributed by atoms with Crippen LogP contribution in [0.15, 0.2) is 71.1 Å². The van der Waals surface area contributed by atoms with Crippen LogP contribution in [0.4, 0.5) is 10.1 Å². The Morgan fingerprint density at radius 2 is 1.73 bits per heavy atom. The van der Waals surface area contributed by atoms with Crippen LogP contribution < -0.4 is 10.1 Å². The average molecular weight is 444 g/mol. The quantitative estimate of drug-likeness (QED) is 0.373. The van der Waals surface area contributed by atoms with Gasteiger partial charge in [-0.05, 0) is 48.0 Å². The molecule has 152 valence electrons. The highest BCUT2D eigenvalue weighted by Crippen LogP contribution is 2.33. The molecule has 0 aliphatic heterocycles. The van der Waals surface area contributed by atoms with E-state index in [1.807, 2.05) is 18.2 Å². The first kappa shape index (κ1) is 20.2. The lowest BCUT2D eigenvalue weighted by Crippen LogP contribution is -2.13. The maximum Gasteiger partial charge on any atom is 0.249 e. The molecule has 1 N–H and O–H groups in total. The third kappa shape index (κ3) is 4.25. The molecule has 0 spiro atoms. The normalized spacial score (nSPS) is 11.9. The van der Waals surface area contributed by atoms with Crippen molar-refractivity contribution in [3.63, 3.8) is 0 Å². The maximum absolute atomic E-state index is 13.5. The Labute approximate surface area is 182 Å². The molecule has 0 radical (unpaired) electrons. The third-order valence-electron chi connectivity index (χ3n) is 4.46. The summed E-state index contributed by atoms with van der Waals surface area (Å²) < 4.78 is 24.6. The van der Waals surface area contributed by atoms with E-state index in [0.29, 0.717) is 32.9 Å². The molecule has 1 heterocycles. The highest BCUT2D eigenvalue weighted by molar-refractivity contribution is 6.33. The molecule has 4 aromatic rings. The van der Waals surface area contributed by atoms with Crippen molar-refractivity contribution >= 4 is 28.9 Å². The zero-order chi connectivity index (χ0) is 21.1. The number of nitrogens with zero attached hydrogens (tertiary/aromatic N) is 2. The van der Waals surface area contributed by atoms with Crippen molar-refractivity contribution in [2.45, 2.75) is 6.04 Å². The SMILES string of the molecule is COc1ccc(NC(c2ccc(F)cc2)c2nnc(-c3ccccc3Cl)o2)cc1Cl. The molecule has 0 aliphatic rings. The Balaban J connectivity index is 1.72. The number of anilines is 1. The van der Waals surface area contributed by atoms with E-state index in [9.17, 15) is 4.39 Å². The smallest absolute Gasteiger partial charge is 0.249 e. The standard InChI is InChI=1S/C22H16Cl2FN3O2/c1-29-19-11-10-15(12-18(19)24)26-20(13-6-8-14(25)9-7-13)22-28-27-21(30-22)16-4-2-3-5-17(16)23/h2-12,20,26H,1H3. The van der Waals surface area contributed by atoms with E-state index in [1.54, 1.807) is 43.5 Å². The first-order chi connectivity index (χ1) is 14.5. The van der Waals surface area contributed by atoms with Crippen LogP contribution in [0.1, 0.15) is 17.5 Å². The molecule has 5 nitrogen and oxygen atoms in total. The second-order valence-electron chi connectivity index (χ2n) is 6.40. The molecular formula is C22H16Cl2FN3O2. The number of benzene rings is 3. The summed E-state index contributed by atoms with van der Waals surface area (Å²) in [6.45, 7) is 0. The second-order valence-corrected chi connectivity index (χ2v) is 7.22. The van der Waals surface area contributed by atoms with Crippen molar-refractivity contribution in [2.24, 2.45) is 0 Å². The summed E-state index contributed by atoms with van der Waals surface area (Å²) in [7, 11) is 1.55. The summed E-state index contributed by atoms with van der Waals surface area (Å²) >= 11 is 12.5. The number of nitrogens with one attached hydrogen (secondary N) is 1. The van der Waals surface area contributed by atoms with E-state index in [-0.39, 0.29) is 11.7 Å². The van der Waals surface area contributed by atoms with Crippen molar-refractivity contribution in [3.05, 3.63) is 94.0 Å². The summed E-state index contributed by atoms with van der Waals surface area (Å²) in [4.78, 5) is 0. The highest BCUT2D eigenvalue weighted by Gasteiger charge is 2.22. The Hall–Kier alpha value is -3.09. The molecule has 3 aromatic carbocycles. The van der Waals surface area contributed by atoms with Crippen LogP contribution in [0.5, 0.6) is 5.75 Å². The number of halogens is 3. The zero-order valence-electron chi connectivity index (χ0n) is 15.8. The summed E-state index contributed by atoms with van der Waals surface area (Å²) in [6.07, 6.45) is 0. The summed E-state index contributed by atoms with van der Waals surface area (Å²) in [5.74, 6) is 0.798. The number of hydrogen-bond acceptors (Lipinski definition) is 5. The molecule has 0 saturated heterocycles. The van der Waals surface area contributed by atoms with E-state index in [0.717, 1.165) is 5.56 Å². The number of rotatable bonds is 6. The monoisotopic (exact) mass is 443 g/mol. The van der Waals surface area contributed by atoms with Crippen molar-refractivity contribution in [3.8, 4) is 17.2 Å². The van der Waals surface area contributed by atoms with Crippen LogP contribution in [0.25, 0.3) is 11.5 Å². The third-order valence-corrected chi connectivity index (χ3v) is 5.08. The van der Waals surface area contributed by atoms with Gasteiger partial charge in [-0.3, -0.25) is 0 Å². The molecule has 0 saturated carbocycles. The lowest BCUT2D eigenvalue weighted by molar-refractivity contribution is 0.415. The van der Waals surface area contributed by atoms with Gasteiger partial charge in [0.25, 0.3) is 0 Å². The van der Waals surface area contributed by atoms with Gasteiger partial charge in [-0.1, -0.05) is 47.5 Å². The van der Waals surface area contributed by atoms with E-state index in [1.165, 1.54) is 12.1 Å². The molecule has 1 atom stereocenters. The minimum absolute atomic E-state index is 0.289. The topological polar surface area (TPSA) is 60.2 Å². The van der Waals surface area contributed by atoms with Gasteiger partial charge in [-0.15, -0.1) is 10.2 Å². The number of ether oxygens (including phenoxy) is 1. The molecule has 8 heteroatoms. The maximum atomic E-state index is 13.5. The van der Waals surface area contributed by atoms with Crippen LogP contribution >= 0.6 is 23.2 Å². The molecule has 0 fully saturated rings. The fourth-order valence-electron chi connectivity index (χ4n) is 2.96. The highest BCUT2D eigenvalue weighted by atomic mass is 35.5. The van der Waals surface area contributed by atoms with Crippen LogP contribution in [0.3, 0.4) is 0 Å². The molecule has 0 aliphatic carbocycles. The minimum Gasteiger partial charge on any atom is -0.495 e. The fraction of sp³-hybridized carbons (Fsp3) is 0.0909. The molecule has 1 unspecified atom stereocenters.